The van der Waals surface area contributed by atoms with E-state index in [0.717, 1.165) is 11.8 Å². The first kappa shape index (κ1) is 14.6. The Bertz CT molecular complexity index is 958. The molecule has 0 saturated heterocycles. The van der Waals surface area contributed by atoms with Crippen LogP contribution in [0.3, 0.4) is 0 Å². The first-order valence-electron chi connectivity index (χ1n) is 6.21. The Labute approximate surface area is 132 Å². The minimum absolute atomic E-state index is 0.202. The zero-order valence-electron chi connectivity index (χ0n) is 11.3. The lowest BCUT2D eigenvalue weighted by Crippen LogP contribution is -2.40. The third-order valence-electron chi connectivity index (χ3n) is 3.03. The number of hydrogen-bond donors (Lipinski definition) is 0. The van der Waals surface area contributed by atoms with E-state index in [1.807, 2.05) is 0 Å². The van der Waals surface area contributed by atoms with Crippen LogP contribution in [0.2, 0.25) is 4.47 Å². The van der Waals surface area contributed by atoms with Crippen LogP contribution in [0, 0.1) is 0 Å². The van der Waals surface area contributed by atoms with Gasteiger partial charge >= 0.3 is 5.69 Å². The van der Waals surface area contributed by atoms with Gasteiger partial charge in [0.05, 0.1) is 12.1 Å². The summed E-state index contributed by atoms with van der Waals surface area (Å²) < 4.78 is 2.58. The van der Waals surface area contributed by atoms with E-state index in [2.05, 4.69) is 9.97 Å². The molecular weight excluding hydrogens is 328 g/mol. The van der Waals surface area contributed by atoms with Crippen LogP contribution in [0.4, 0.5) is 0 Å². The molecule has 0 saturated carbocycles. The Morgan fingerprint density at radius 1 is 1.41 bits per heavy atom. The Kier molecular flexibility index (Phi) is 3.63. The van der Waals surface area contributed by atoms with Crippen molar-refractivity contribution in [2.45, 2.75) is 13.5 Å². The van der Waals surface area contributed by atoms with Gasteiger partial charge in [-0.3, -0.25) is 9.59 Å². The predicted molar refractivity (Wildman–Crippen MR) is 81.9 cm³/mol. The smallest absolute Gasteiger partial charge is 0.327 e. The van der Waals surface area contributed by atoms with Crippen LogP contribution in [0.25, 0.3) is 11.4 Å². The number of hydrogen-bond acceptors (Lipinski definition) is 6. The van der Waals surface area contributed by atoms with E-state index in [9.17, 15) is 14.4 Å². The minimum Gasteiger partial charge on any atom is -0.327 e. The predicted octanol–water partition coefficient (Wildman–Crippen LogP) is 1.33. The molecule has 7 nitrogen and oxygen atoms in total. The first-order valence-corrected chi connectivity index (χ1v) is 7.40. The van der Waals surface area contributed by atoms with Gasteiger partial charge in [0.15, 0.2) is 10.3 Å². The molecule has 9 heteroatoms. The molecule has 0 aliphatic carbocycles. The van der Waals surface area contributed by atoms with E-state index >= 15 is 0 Å². The molecule has 0 aromatic carbocycles. The van der Waals surface area contributed by atoms with Gasteiger partial charge in [-0.15, -0.1) is 11.3 Å². The quantitative estimate of drug-likeness (QED) is 0.704. The Hall–Kier alpha value is -2.32. The summed E-state index contributed by atoms with van der Waals surface area (Å²) in [4.78, 5) is 44.2. The molecule has 0 spiro atoms. The lowest BCUT2D eigenvalue weighted by Gasteiger charge is -2.13. The van der Waals surface area contributed by atoms with Crippen molar-refractivity contribution in [2.75, 3.05) is 0 Å². The highest BCUT2D eigenvalue weighted by molar-refractivity contribution is 7.15. The molecule has 22 heavy (non-hydrogen) atoms. The highest BCUT2D eigenvalue weighted by Crippen LogP contribution is 2.21. The molecule has 3 heterocycles. The summed E-state index contributed by atoms with van der Waals surface area (Å²) >= 11 is 7.09. The lowest BCUT2D eigenvalue weighted by molar-refractivity contribution is 0.0927. The van der Waals surface area contributed by atoms with E-state index < -0.39 is 17.2 Å². The zero-order valence-corrected chi connectivity index (χ0v) is 12.9. The minimum atomic E-state index is -0.882. The van der Waals surface area contributed by atoms with Crippen molar-refractivity contribution in [1.29, 1.82) is 0 Å². The van der Waals surface area contributed by atoms with Crippen LogP contribution in [0.1, 0.15) is 16.6 Å². The third kappa shape index (κ3) is 2.46. The van der Waals surface area contributed by atoms with E-state index in [1.165, 1.54) is 17.4 Å². The van der Waals surface area contributed by atoms with Gasteiger partial charge in [-0.2, -0.15) is 9.55 Å². The number of halogens is 1. The highest BCUT2D eigenvalue weighted by atomic mass is 35.5. The number of thiazole rings is 1. The average molecular weight is 337 g/mol. The van der Waals surface area contributed by atoms with E-state index in [0.29, 0.717) is 15.6 Å². The summed E-state index contributed by atoms with van der Waals surface area (Å²) in [6.45, 7) is 1.52. The molecule has 0 fully saturated rings. The second-order valence-corrected chi connectivity index (χ2v) is 6.20. The SMILES string of the molecule is CC(=O)n1c(=O)nc2n(Cc3cnc(Cl)s3)cccc-2c1=O. The number of carbonyl (C=O) groups is 1. The maximum atomic E-state index is 12.3. The maximum Gasteiger partial charge on any atom is 0.359 e. The zero-order chi connectivity index (χ0) is 15.9. The number of nitrogens with zero attached hydrogens (tertiary/aromatic N) is 4. The average Bonchev–Trinajstić information content (AvgIpc) is 2.85. The summed E-state index contributed by atoms with van der Waals surface area (Å²) in [5.41, 5.74) is -1.35. The van der Waals surface area contributed by atoms with Crippen LogP contribution in [-0.4, -0.2) is 25.0 Å². The molecule has 0 N–H and O–H groups in total. The van der Waals surface area contributed by atoms with Crippen LogP contribution < -0.4 is 11.2 Å². The molecule has 0 unspecified atom stereocenters. The second-order valence-electron chi connectivity index (χ2n) is 4.51. The standard InChI is InChI=1S/C13H9ClN4O3S/c1-7(19)18-11(20)9-3-2-4-17(10(9)16-13(18)21)6-8-5-15-12(14)22-8/h2-5H,6H2,1H3. The fourth-order valence-corrected chi connectivity index (χ4v) is 3.09. The van der Waals surface area contributed by atoms with Crippen molar-refractivity contribution in [3.05, 3.63) is 54.7 Å². The molecule has 0 bridgehead atoms. The second kappa shape index (κ2) is 5.47. The van der Waals surface area contributed by atoms with Crippen molar-refractivity contribution in [1.82, 2.24) is 19.1 Å². The van der Waals surface area contributed by atoms with Gasteiger partial charge in [-0.25, -0.2) is 9.78 Å². The van der Waals surface area contributed by atoms with Crippen LogP contribution >= 0.6 is 22.9 Å². The largest absolute Gasteiger partial charge is 0.359 e. The number of rotatable bonds is 2. The van der Waals surface area contributed by atoms with Gasteiger partial charge < -0.3 is 4.57 Å². The van der Waals surface area contributed by atoms with Crippen LogP contribution in [0.5, 0.6) is 0 Å². The maximum absolute atomic E-state index is 12.3. The molecule has 2 aliphatic rings. The number of carbonyl (C=O) groups excluding carboxylic acids is 1. The van der Waals surface area contributed by atoms with Crippen molar-refractivity contribution in [2.24, 2.45) is 0 Å². The molecular formula is C13H9ClN4O3S. The third-order valence-corrected chi connectivity index (χ3v) is 4.13. The Morgan fingerprint density at radius 3 is 2.82 bits per heavy atom. The first-order chi connectivity index (χ1) is 10.5. The van der Waals surface area contributed by atoms with E-state index in [-0.39, 0.29) is 11.4 Å². The summed E-state index contributed by atoms with van der Waals surface area (Å²) in [6.07, 6.45) is 3.31. The molecule has 0 radical (unpaired) electrons. The van der Waals surface area contributed by atoms with Crippen molar-refractivity contribution >= 4 is 28.8 Å². The molecule has 1 aromatic heterocycles. The molecule has 112 valence electrons. The number of pyridine rings is 1. The number of fused-ring (bicyclic) bond motifs is 1. The molecule has 2 aliphatic heterocycles. The van der Waals surface area contributed by atoms with E-state index in [4.69, 9.17) is 11.6 Å². The molecule has 1 aromatic rings. The summed E-state index contributed by atoms with van der Waals surface area (Å²) in [7, 11) is 0. The molecule has 0 amide bonds. The Morgan fingerprint density at radius 2 is 2.18 bits per heavy atom. The van der Waals surface area contributed by atoms with Gasteiger partial charge in [0.25, 0.3) is 5.56 Å². The molecule has 0 atom stereocenters. The van der Waals surface area contributed by atoms with Gasteiger partial charge in [0.2, 0.25) is 5.91 Å². The van der Waals surface area contributed by atoms with Gasteiger partial charge in [-0.05, 0) is 12.1 Å². The fourth-order valence-electron chi connectivity index (χ4n) is 2.11. The topological polar surface area (TPSA) is 86.8 Å². The Balaban J connectivity index is 2.19. The highest BCUT2D eigenvalue weighted by Gasteiger charge is 2.19. The molecule has 3 rings (SSSR count). The van der Waals surface area contributed by atoms with Gasteiger partial charge in [0, 0.05) is 24.2 Å². The van der Waals surface area contributed by atoms with Crippen molar-refractivity contribution in [3.63, 3.8) is 0 Å². The van der Waals surface area contributed by atoms with Gasteiger partial charge in [0.1, 0.15) is 0 Å². The normalized spacial score (nSPS) is 11.0. The van der Waals surface area contributed by atoms with Crippen molar-refractivity contribution < 1.29 is 4.79 Å². The summed E-state index contributed by atoms with van der Waals surface area (Å²) in [5, 5.41) is 0. The van der Waals surface area contributed by atoms with Crippen LogP contribution in [0.15, 0.2) is 34.1 Å². The van der Waals surface area contributed by atoms with E-state index in [1.54, 1.807) is 23.0 Å². The monoisotopic (exact) mass is 336 g/mol. The fraction of sp³-hybridized carbons (Fsp3) is 0.154. The van der Waals surface area contributed by atoms with Crippen LogP contribution in [-0.2, 0) is 6.54 Å². The number of aromatic nitrogens is 4. The lowest BCUT2D eigenvalue weighted by atomic mass is 10.2. The van der Waals surface area contributed by atoms with Gasteiger partial charge in [-0.1, -0.05) is 11.6 Å². The summed E-state index contributed by atoms with van der Waals surface area (Å²) in [5.74, 6) is -0.437. The summed E-state index contributed by atoms with van der Waals surface area (Å²) in [6, 6.07) is 3.18. The van der Waals surface area contributed by atoms with Crippen molar-refractivity contribution in [3.8, 4) is 11.4 Å².